The van der Waals surface area contributed by atoms with Crippen molar-refractivity contribution < 1.29 is 4.74 Å². The zero-order valence-corrected chi connectivity index (χ0v) is 12.7. The van der Waals surface area contributed by atoms with Crippen LogP contribution in [-0.2, 0) is 0 Å². The summed E-state index contributed by atoms with van der Waals surface area (Å²) in [6.07, 6.45) is 2.35. The summed E-state index contributed by atoms with van der Waals surface area (Å²) < 4.78 is 5.49. The lowest BCUT2D eigenvalue weighted by molar-refractivity contribution is 0.306. The highest BCUT2D eigenvalue weighted by molar-refractivity contribution is 7.09. The summed E-state index contributed by atoms with van der Waals surface area (Å²) >= 11 is 1.61. The molecule has 2 rings (SSSR count). The van der Waals surface area contributed by atoms with Crippen molar-refractivity contribution >= 4 is 22.8 Å². The first kappa shape index (κ1) is 14.5. The van der Waals surface area contributed by atoms with Gasteiger partial charge in [0.1, 0.15) is 17.0 Å². The lowest BCUT2D eigenvalue weighted by Gasteiger charge is -2.15. The Kier molecular flexibility index (Phi) is 4.73. The first-order valence-electron chi connectivity index (χ1n) is 6.53. The second kappa shape index (κ2) is 6.51. The van der Waals surface area contributed by atoms with Crippen LogP contribution in [0.5, 0.6) is 5.88 Å². The van der Waals surface area contributed by atoms with Crippen LogP contribution < -0.4 is 15.8 Å². The number of nitrogens with zero attached hydrogens (tertiary/aromatic N) is 3. The zero-order chi connectivity index (χ0) is 14.5. The number of aromatic nitrogens is 3. The fourth-order valence-corrected chi connectivity index (χ4v) is 2.45. The van der Waals surface area contributed by atoms with Crippen LogP contribution in [0.3, 0.4) is 0 Å². The first-order chi connectivity index (χ1) is 9.61. The summed E-state index contributed by atoms with van der Waals surface area (Å²) in [4.78, 5) is 12.7. The number of hydrogen-bond acceptors (Lipinski definition) is 7. The molecule has 2 aromatic rings. The molecule has 6 nitrogen and oxygen atoms in total. The van der Waals surface area contributed by atoms with E-state index in [-0.39, 0.29) is 6.04 Å². The predicted molar refractivity (Wildman–Crippen MR) is 81.1 cm³/mol. The SMILES string of the molecule is CCCOc1ncnc(NC(C)c2nc(C)cs2)c1N. The second-order valence-electron chi connectivity index (χ2n) is 4.48. The maximum absolute atomic E-state index is 6.03. The van der Waals surface area contributed by atoms with Crippen LogP contribution >= 0.6 is 11.3 Å². The van der Waals surface area contributed by atoms with E-state index in [0.29, 0.717) is 24.0 Å². The lowest BCUT2D eigenvalue weighted by Crippen LogP contribution is -2.11. The average molecular weight is 293 g/mol. The Hall–Kier alpha value is -1.89. The molecule has 0 saturated heterocycles. The van der Waals surface area contributed by atoms with Gasteiger partial charge in [-0.1, -0.05) is 6.92 Å². The van der Waals surface area contributed by atoms with Gasteiger partial charge in [0.05, 0.1) is 12.6 Å². The van der Waals surface area contributed by atoms with Crippen molar-refractivity contribution in [2.75, 3.05) is 17.7 Å². The number of nitrogens with one attached hydrogen (secondary N) is 1. The molecule has 2 aromatic heterocycles. The quantitative estimate of drug-likeness (QED) is 0.851. The van der Waals surface area contributed by atoms with Gasteiger partial charge in [0.15, 0.2) is 5.82 Å². The number of hydrogen-bond donors (Lipinski definition) is 2. The zero-order valence-electron chi connectivity index (χ0n) is 11.9. The molecule has 0 aromatic carbocycles. The van der Waals surface area contributed by atoms with Crippen LogP contribution in [-0.4, -0.2) is 21.6 Å². The number of nitrogens with two attached hydrogens (primary N) is 1. The van der Waals surface area contributed by atoms with E-state index in [1.54, 1.807) is 11.3 Å². The number of anilines is 2. The van der Waals surface area contributed by atoms with Crippen LogP contribution in [0.1, 0.15) is 37.0 Å². The normalized spacial score (nSPS) is 12.2. The second-order valence-corrected chi connectivity index (χ2v) is 5.37. The van der Waals surface area contributed by atoms with Crippen molar-refractivity contribution in [1.29, 1.82) is 0 Å². The molecule has 7 heteroatoms. The fourth-order valence-electron chi connectivity index (χ4n) is 1.65. The number of thiazole rings is 1. The smallest absolute Gasteiger partial charge is 0.242 e. The van der Waals surface area contributed by atoms with Crippen molar-refractivity contribution in [3.63, 3.8) is 0 Å². The molecule has 0 amide bonds. The average Bonchev–Trinajstić information content (AvgIpc) is 2.86. The van der Waals surface area contributed by atoms with E-state index < -0.39 is 0 Å². The van der Waals surface area contributed by atoms with Gasteiger partial charge in [-0.2, -0.15) is 4.98 Å². The van der Waals surface area contributed by atoms with Gasteiger partial charge < -0.3 is 15.8 Å². The molecule has 0 aliphatic carbocycles. The van der Waals surface area contributed by atoms with Crippen LogP contribution in [0, 0.1) is 6.92 Å². The molecular weight excluding hydrogens is 274 g/mol. The monoisotopic (exact) mass is 293 g/mol. The first-order valence-corrected chi connectivity index (χ1v) is 7.41. The van der Waals surface area contributed by atoms with E-state index >= 15 is 0 Å². The summed E-state index contributed by atoms with van der Waals surface area (Å²) in [6.45, 7) is 6.61. The van der Waals surface area contributed by atoms with Crippen molar-refractivity contribution in [2.45, 2.75) is 33.2 Å². The van der Waals surface area contributed by atoms with Crippen molar-refractivity contribution in [1.82, 2.24) is 15.0 Å². The third-order valence-corrected chi connectivity index (χ3v) is 3.80. The van der Waals surface area contributed by atoms with Gasteiger partial charge in [-0.3, -0.25) is 0 Å². The topological polar surface area (TPSA) is 86.0 Å². The molecule has 2 heterocycles. The van der Waals surface area contributed by atoms with Crippen LogP contribution in [0.2, 0.25) is 0 Å². The number of ether oxygens (including phenoxy) is 1. The van der Waals surface area contributed by atoms with Gasteiger partial charge in [0.2, 0.25) is 5.88 Å². The Bertz CT molecular complexity index is 572. The summed E-state index contributed by atoms with van der Waals surface area (Å²) in [5.41, 5.74) is 7.47. The van der Waals surface area contributed by atoms with Crippen LogP contribution in [0.25, 0.3) is 0 Å². The molecule has 20 heavy (non-hydrogen) atoms. The highest BCUT2D eigenvalue weighted by Crippen LogP contribution is 2.28. The van der Waals surface area contributed by atoms with Crippen LogP contribution in [0.15, 0.2) is 11.7 Å². The van der Waals surface area contributed by atoms with Gasteiger partial charge in [-0.25, -0.2) is 9.97 Å². The molecule has 0 spiro atoms. The number of nitrogen functional groups attached to an aromatic ring is 1. The van der Waals surface area contributed by atoms with E-state index in [1.807, 2.05) is 26.2 Å². The Labute approximate surface area is 122 Å². The Morgan fingerprint density at radius 1 is 1.45 bits per heavy atom. The summed E-state index contributed by atoms with van der Waals surface area (Å²) in [7, 11) is 0. The van der Waals surface area contributed by atoms with Gasteiger partial charge in [0, 0.05) is 11.1 Å². The van der Waals surface area contributed by atoms with E-state index in [1.165, 1.54) is 6.33 Å². The third-order valence-electron chi connectivity index (χ3n) is 2.65. The Balaban J connectivity index is 2.12. The van der Waals surface area contributed by atoms with E-state index in [4.69, 9.17) is 10.5 Å². The number of aryl methyl sites for hydroxylation is 1. The molecule has 0 bridgehead atoms. The van der Waals surface area contributed by atoms with Crippen molar-refractivity contribution in [3.05, 3.63) is 22.4 Å². The minimum absolute atomic E-state index is 0.0323. The maximum atomic E-state index is 6.03. The Morgan fingerprint density at radius 2 is 2.25 bits per heavy atom. The van der Waals surface area contributed by atoms with Crippen LogP contribution in [0.4, 0.5) is 11.5 Å². The predicted octanol–water partition coefficient (Wildman–Crippen LogP) is 2.79. The summed E-state index contributed by atoms with van der Waals surface area (Å²) in [5.74, 6) is 0.998. The molecule has 0 saturated carbocycles. The minimum Gasteiger partial charge on any atom is -0.476 e. The summed E-state index contributed by atoms with van der Waals surface area (Å²) in [5, 5.41) is 6.27. The molecule has 3 N–H and O–H groups in total. The van der Waals surface area contributed by atoms with Gasteiger partial charge in [-0.05, 0) is 20.3 Å². The van der Waals surface area contributed by atoms with Gasteiger partial charge in [-0.15, -0.1) is 11.3 Å². The molecule has 1 unspecified atom stereocenters. The van der Waals surface area contributed by atoms with E-state index in [2.05, 4.69) is 20.3 Å². The third kappa shape index (κ3) is 3.36. The van der Waals surface area contributed by atoms with Crippen molar-refractivity contribution in [2.24, 2.45) is 0 Å². The molecule has 0 radical (unpaired) electrons. The molecular formula is C13H19N5OS. The standard InChI is InChI=1S/C13H19N5OS/c1-4-5-19-12-10(14)11(15-7-16-12)18-9(3)13-17-8(2)6-20-13/h6-7,9H,4-5,14H2,1-3H3,(H,15,16,18). The maximum Gasteiger partial charge on any atom is 0.242 e. The number of rotatable bonds is 6. The molecule has 0 aliphatic heterocycles. The van der Waals surface area contributed by atoms with E-state index in [9.17, 15) is 0 Å². The minimum atomic E-state index is 0.0323. The van der Waals surface area contributed by atoms with Gasteiger partial charge in [0.25, 0.3) is 0 Å². The highest BCUT2D eigenvalue weighted by Gasteiger charge is 2.14. The lowest BCUT2D eigenvalue weighted by atomic mass is 10.3. The molecule has 1 atom stereocenters. The van der Waals surface area contributed by atoms with Gasteiger partial charge >= 0.3 is 0 Å². The fraction of sp³-hybridized carbons (Fsp3) is 0.462. The molecule has 0 fully saturated rings. The highest BCUT2D eigenvalue weighted by atomic mass is 32.1. The largest absolute Gasteiger partial charge is 0.476 e. The Morgan fingerprint density at radius 3 is 2.90 bits per heavy atom. The molecule has 0 aliphatic rings. The van der Waals surface area contributed by atoms with E-state index in [0.717, 1.165) is 17.1 Å². The molecule has 108 valence electrons. The van der Waals surface area contributed by atoms with Crippen molar-refractivity contribution in [3.8, 4) is 5.88 Å². The summed E-state index contributed by atoms with van der Waals surface area (Å²) in [6, 6.07) is 0.0323.